The van der Waals surface area contributed by atoms with E-state index in [9.17, 15) is 0 Å². The molecule has 0 aromatic carbocycles. The molecule has 1 aliphatic rings. The molecule has 1 aliphatic carbocycles. The van der Waals surface area contributed by atoms with Crippen molar-refractivity contribution in [2.24, 2.45) is 5.16 Å². The van der Waals surface area contributed by atoms with Crippen molar-refractivity contribution >= 4 is 5.71 Å². The molecule has 2 heteroatoms. The summed E-state index contributed by atoms with van der Waals surface area (Å²) in [6.07, 6.45) is 7.25. The van der Waals surface area contributed by atoms with Crippen molar-refractivity contribution in [1.82, 2.24) is 0 Å². The number of nitrogens with zero attached hydrogens (tertiary/aromatic N) is 1. The third-order valence-corrected chi connectivity index (χ3v) is 1.98. The van der Waals surface area contributed by atoms with Crippen LogP contribution in [0.2, 0.25) is 0 Å². The summed E-state index contributed by atoms with van der Waals surface area (Å²) in [4.78, 5) is 4.70. The van der Waals surface area contributed by atoms with E-state index in [1.807, 2.05) is 6.92 Å². The van der Waals surface area contributed by atoms with Crippen LogP contribution in [0.1, 0.15) is 32.6 Å². The molecule has 0 radical (unpaired) electrons. The van der Waals surface area contributed by atoms with Gasteiger partial charge < -0.3 is 4.84 Å². The predicted octanol–water partition coefficient (Wildman–Crippen LogP) is 2.51. The zero-order valence-electron chi connectivity index (χ0n) is 7.26. The number of rotatable bonds is 2. The quantitative estimate of drug-likeness (QED) is 0.441. The summed E-state index contributed by atoms with van der Waals surface area (Å²) in [7, 11) is 1.59. The second-order valence-electron chi connectivity index (χ2n) is 2.83. The molecule has 0 aliphatic heterocycles. The Hall–Kier alpha value is -0.790. The van der Waals surface area contributed by atoms with Gasteiger partial charge >= 0.3 is 0 Å². The van der Waals surface area contributed by atoms with Crippen molar-refractivity contribution in [3.05, 3.63) is 11.6 Å². The van der Waals surface area contributed by atoms with Crippen LogP contribution in [-0.4, -0.2) is 12.8 Å². The summed E-state index contributed by atoms with van der Waals surface area (Å²) < 4.78 is 0. The molecule has 0 aromatic heterocycles. The van der Waals surface area contributed by atoms with Crippen LogP contribution in [0.5, 0.6) is 0 Å². The molecule has 2 nitrogen and oxygen atoms in total. The first-order valence-corrected chi connectivity index (χ1v) is 4.11. The van der Waals surface area contributed by atoms with E-state index >= 15 is 0 Å². The number of hydrogen-bond donors (Lipinski definition) is 0. The molecule has 0 unspecified atom stereocenters. The maximum absolute atomic E-state index is 4.70. The fourth-order valence-corrected chi connectivity index (χ4v) is 1.36. The van der Waals surface area contributed by atoms with E-state index in [0.717, 1.165) is 5.71 Å². The van der Waals surface area contributed by atoms with Crippen molar-refractivity contribution in [3.63, 3.8) is 0 Å². The molecule has 0 saturated carbocycles. The van der Waals surface area contributed by atoms with Gasteiger partial charge in [-0.25, -0.2) is 0 Å². The standard InChI is InChI=1S/C9H15NO/c1-8(10-11-2)9-6-4-3-5-7-9/h6H,3-5,7H2,1-2H3/b10-8-. The summed E-state index contributed by atoms with van der Waals surface area (Å²) in [5.74, 6) is 0. The average Bonchev–Trinajstić information content (AvgIpc) is 2.07. The van der Waals surface area contributed by atoms with E-state index in [-0.39, 0.29) is 0 Å². The van der Waals surface area contributed by atoms with Crippen molar-refractivity contribution in [1.29, 1.82) is 0 Å². The normalized spacial score (nSPS) is 19.5. The lowest BCUT2D eigenvalue weighted by molar-refractivity contribution is 0.213. The van der Waals surface area contributed by atoms with Gasteiger partial charge in [0.05, 0.1) is 5.71 Å². The molecule has 62 valence electrons. The van der Waals surface area contributed by atoms with Crippen molar-refractivity contribution in [2.75, 3.05) is 7.11 Å². The van der Waals surface area contributed by atoms with Crippen LogP contribution < -0.4 is 0 Å². The minimum absolute atomic E-state index is 1.03. The SMILES string of the molecule is CO/N=C(/C)C1=CCCCC1. The first-order chi connectivity index (χ1) is 5.34. The van der Waals surface area contributed by atoms with E-state index in [4.69, 9.17) is 4.84 Å². The molecule has 0 fully saturated rings. The van der Waals surface area contributed by atoms with Crippen molar-refractivity contribution in [3.8, 4) is 0 Å². The Balaban J connectivity index is 2.58. The van der Waals surface area contributed by atoms with E-state index in [0.29, 0.717) is 0 Å². The lowest BCUT2D eigenvalue weighted by Gasteiger charge is -2.10. The molecule has 11 heavy (non-hydrogen) atoms. The monoisotopic (exact) mass is 153 g/mol. The van der Waals surface area contributed by atoms with Gasteiger partial charge in [-0.3, -0.25) is 0 Å². The fourth-order valence-electron chi connectivity index (χ4n) is 1.36. The summed E-state index contributed by atoms with van der Waals surface area (Å²) in [6.45, 7) is 2.00. The molecule has 0 bridgehead atoms. The molecule has 1 rings (SSSR count). The molecular formula is C9H15NO. The Morgan fingerprint density at radius 3 is 2.91 bits per heavy atom. The van der Waals surface area contributed by atoms with Crippen LogP contribution in [0.3, 0.4) is 0 Å². The molecule has 0 spiro atoms. The second kappa shape index (κ2) is 4.16. The van der Waals surface area contributed by atoms with Gasteiger partial charge in [0, 0.05) is 0 Å². The number of oxime groups is 1. The Morgan fingerprint density at radius 2 is 2.36 bits per heavy atom. The third kappa shape index (κ3) is 2.37. The Labute approximate surface area is 67.9 Å². The van der Waals surface area contributed by atoms with E-state index in [2.05, 4.69) is 11.2 Å². The highest BCUT2D eigenvalue weighted by atomic mass is 16.6. The molecule has 0 N–H and O–H groups in total. The third-order valence-electron chi connectivity index (χ3n) is 1.98. The number of hydrogen-bond acceptors (Lipinski definition) is 2. The molecule has 0 heterocycles. The summed E-state index contributed by atoms with van der Waals surface area (Å²) in [5.41, 5.74) is 2.39. The zero-order valence-corrected chi connectivity index (χ0v) is 7.26. The highest BCUT2D eigenvalue weighted by Gasteiger charge is 2.05. The van der Waals surface area contributed by atoms with Crippen LogP contribution in [0, 0.1) is 0 Å². The van der Waals surface area contributed by atoms with Gasteiger partial charge in [0.15, 0.2) is 0 Å². The topological polar surface area (TPSA) is 21.6 Å². The van der Waals surface area contributed by atoms with E-state index < -0.39 is 0 Å². The Kier molecular flexibility index (Phi) is 3.14. The summed E-state index contributed by atoms with van der Waals surface area (Å²) in [6, 6.07) is 0. The second-order valence-corrected chi connectivity index (χ2v) is 2.83. The first-order valence-electron chi connectivity index (χ1n) is 4.11. The van der Waals surface area contributed by atoms with Crippen LogP contribution in [-0.2, 0) is 4.84 Å². The molecule has 0 atom stereocenters. The molecule has 0 saturated heterocycles. The maximum Gasteiger partial charge on any atom is 0.106 e. The summed E-state index contributed by atoms with van der Waals surface area (Å²) >= 11 is 0. The lowest BCUT2D eigenvalue weighted by atomic mass is 9.97. The molecule has 0 amide bonds. The van der Waals surface area contributed by atoms with Crippen LogP contribution >= 0.6 is 0 Å². The van der Waals surface area contributed by atoms with Gasteiger partial charge in [-0.05, 0) is 38.2 Å². The molecular weight excluding hydrogens is 138 g/mol. The van der Waals surface area contributed by atoms with Crippen molar-refractivity contribution in [2.45, 2.75) is 32.6 Å². The van der Waals surface area contributed by atoms with Gasteiger partial charge in [-0.15, -0.1) is 0 Å². The van der Waals surface area contributed by atoms with E-state index in [1.165, 1.54) is 31.3 Å². The van der Waals surface area contributed by atoms with E-state index in [1.54, 1.807) is 7.11 Å². The fraction of sp³-hybridized carbons (Fsp3) is 0.667. The van der Waals surface area contributed by atoms with Gasteiger partial charge in [0.1, 0.15) is 7.11 Å². The van der Waals surface area contributed by atoms with Crippen LogP contribution in [0.25, 0.3) is 0 Å². The van der Waals surface area contributed by atoms with Gasteiger partial charge in [0.2, 0.25) is 0 Å². The predicted molar refractivity (Wildman–Crippen MR) is 46.7 cm³/mol. The van der Waals surface area contributed by atoms with Gasteiger partial charge in [0.25, 0.3) is 0 Å². The summed E-state index contributed by atoms with van der Waals surface area (Å²) in [5, 5.41) is 3.90. The van der Waals surface area contributed by atoms with Crippen LogP contribution in [0.4, 0.5) is 0 Å². The highest BCUT2D eigenvalue weighted by Crippen LogP contribution is 2.18. The minimum atomic E-state index is 1.03. The first kappa shape index (κ1) is 8.31. The Bertz CT molecular complexity index is 182. The average molecular weight is 153 g/mol. The van der Waals surface area contributed by atoms with Gasteiger partial charge in [-0.1, -0.05) is 11.2 Å². The maximum atomic E-state index is 4.70. The number of allylic oxidation sites excluding steroid dienone is 2. The largest absolute Gasteiger partial charge is 0.399 e. The van der Waals surface area contributed by atoms with Crippen molar-refractivity contribution < 1.29 is 4.84 Å². The minimum Gasteiger partial charge on any atom is -0.399 e. The van der Waals surface area contributed by atoms with Crippen LogP contribution in [0.15, 0.2) is 16.8 Å². The zero-order chi connectivity index (χ0) is 8.10. The lowest BCUT2D eigenvalue weighted by Crippen LogP contribution is -2.01. The Morgan fingerprint density at radius 1 is 1.55 bits per heavy atom. The smallest absolute Gasteiger partial charge is 0.106 e. The highest BCUT2D eigenvalue weighted by molar-refractivity contribution is 5.97. The van der Waals surface area contributed by atoms with Gasteiger partial charge in [-0.2, -0.15) is 0 Å². The molecule has 0 aromatic rings.